The third-order valence-electron chi connectivity index (χ3n) is 4.34. The Kier molecular flexibility index (Phi) is 6.59. The van der Waals surface area contributed by atoms with Crippen LogP contribution in [0.15, 0.2) is 29.2 Å². The second kappa shape index (κ2) is 8.29. The minimum Gasteiger partial charge on any atom is -0.376 e. The SMILES string of the molecule is Cc1ccc(S(=O)(=O)NCCCNC(=O)[C@@H]2CCOC(C)(C)C2)cc1. The van der Waals surface area contributed by atoms with Crippen molar-refractivity contribution in [2.24, 2.45) is 5.92 Å². The molecular formula is C18H28N2O4S. The van der Waals surface area contributed by atoms with Crippen LogP contribution in [0.1, 0.15) is 38.7 Å². The topological polar surface area (TPSA) is 84.5 Å². The first-order valence-electron chi connectivity index (χ1n) is 8.68. The van der Waals surface area contributed by atoms with Crippen LogP contribution in [0.2, 0.25) is 0 Å². The van der Waals surface area contributed by atoms with Gasteiger partial charge in [-0.3, -0.25) is 4.79 Å². The van der Waals surface area contributed by atoms with Gasteiger partial charge in [0.05, 0.1) is 10.5 Å². The zero-order chi connectivity index (χ0) is 18.5. The summed E-state index contributed by atoms with van der Waals surface area (Å²) >= 11 is 0. The molecule has 1 atom stereocenters. The number of nitrogens with one attached hydrogen (secondary N) is 2. The van der Waals surface area contributed by atoms with Crippen LogP contribution in [0.4, 0.5) is 0 Å². The normalized spacial score (nSPS) is 20.2. The lowest BCUT2D eigenvalue weighted by Gasteiger charge is -2.34. The molecule has 0 aliphatic carbocycles. The Morgan fingerprint density at radius 1 is 1.24 bits per heavy atom. The summed E-state index contributed by atoms with van der Waals surface area (Å²) in [7, 11) is -3.49. The molecule has 6 nitrogen and oxygen atoms in total. The van der Waals surface area contributed by atoms with E-state index in [2.05, 4.69) is 10.0 Å². The van der Waals surface area contributed by atoms with Gasteiger partial charge in [-0.1, -0.05) is 17.7 Å². The van der Waals surface area contributed by atoms with E-state index >= 15 is 0 Å². The van der Waals surface area contributed by atoms with Gasteiger partial charge in [0.2, 0.25) is 15.9 Å². The molecule has 0 saturated carbocycles. The quantitative estimate of drug-likeness (QED) is 0.721. The van der Waals surface area contributed by atoms with Crippen LogP contribution in [-0.4, -0.2) is 39.6 Å². The molecule has 1 amide bonds. The first kappa shape index (κ1) is 19.9. The lowest BCUT2D eigenvalue weighted by molar-refractivity contribution is -0.135. The van der Waals surface area contributed by atoms with Gasteiger partial charge in [0, 0.05) is 25.6 Å². The van der Waals surface area contributed by atoms with E-state index in [1.165, 1.54) is 0 Å². The summed E-state index contributed by atoms with van der Waals surface area (Å²) in [6.45, 7) is 7.23. The molecule has 0 bridgehead atoms. The van der Waals surface area contributed by atoms with Crippen LogP contribution in [-0.2, 0) is 19.6 Å². The highest BCUT2D eigenvalue weighted by molar-refractivity contribution is 7.89. The number of carbonyl (C=O) groups is 1. The number of rotatable bonds is 7. The fourth-order valence-electron chi connectivity index (χ4n) is 2.91. The maximum atomic E-state index is 12.2. The Balaban J connectivity index is 1.70. The summed E-state index contributed by atoms with van der Waals surface area (Å²) < 4.78 is 32.5. The van der Waals surface area contributed by atoms with Gasteiger partial charge in [-0.2, -0.15) is 0 Å². The van der Waals surface area contributed by atoms with Gasteiger partial charge in [-0.25, -0.2) is 13.1 Å². The molecule has 1 saturated heterocycles. The first-order chi connectivity index (χ1) is 11.7. The van der Waals surface area contributed by atoms with Crippen molar-refractivity contribution < 1.29 is 17.9 Å². The lowest BCUT2D eigenvalue weighted by atomic mass is 9.88. The predicted molar refractivity (Wildman–Crippen MR) is 96.7 cm³/mol. The summed E-state index contributed by atoms with van der Waals surface area (Å²) in [6, 6.07) is 6.72. The molecule has 0 aromatic heterocycles. The lowest BCUT2D eigenvalue weighted by Crippen LogP contribution is -2.42. The zero-order valence-electron chi connectivity index (χ0n) is 15.2. The monoisotopic (exact) mass is 368 g/mol. The highest BCUT2D eigenvalue weighted by Gasteiger charge is 2.32. The van der Waals surface area contributed by atoms with E-state index in [0.29, 0.717) is 26.0 Å². The van der Waals surface area contributed by atoms with Crippen LogP contribution in [0.5, 0.6) is 0 Å². The Bertz CT molecular complexity index is 684. The minimum absolute atomic E-state index is 0.0257. The first-order valence-corrected chi connectivity index (χ1v) is 10.2. The van der Waals surface area contributed by atoms with Gasteiger partial charge in [-0.15, -0.1) is 0 Å². The van der Waals surface area contributed by atoms with Gasteiger partial charge in [0.15, 0.2) is 0 Å². The molecule has 1 aliphatic heterocycles. The Labute approximate surface area is 150 Å². The van der Waals surface area contributed by atoms with Gasteiger partial charge in [-0.05, 0) is 52.2 Å². The summed E-state index contributed by atoms with van der Waals surface area (Å²) in [4.78, 5) is 12.5. The maximum Gasteiger partial charge on any atom is 0.240 e. The molecule has 1 aliphatic rings. The molecule has 2 rings (SSSR count). The average molecular weight is 368 g/mol. The number of benzene rings is 1. The average Bonchev–Trinajstić information content (AvgIpc) is 2.53. The molecule has 7 heteroatoms. The third-order valence-corrected chi connectivity index (χ3v) is 5.82. The van der Waals surface area contributed by atoms with Crippen molar-refractivity contribution in [3.63, 3.8) is 0 Å². The van der Waals surface area contributed by atoms with E-state index in [0.717, 1.165) is 12.0 Å². The molecule has 25 heavy (non-hydrogen) atoms. The second-order valence-corrected chi connectivity index (χ2v) is 8.92. The largest absolute Gasteiger partial charge is 0.376 e. The van der Waals surface area contributed by atoms with Crippen molar-refractivity contribution >= 4 is 15.9 Å². The number of aryl methyl sites for hydroxylation is 1. The van der Waals surface area contributed by atoms with Crippen LogP contribution < -0.4 is 10.0 Å². The van der Waals surface area contributed by atoms with Crippen molar-refractivity contribution in [3.05, 3.63) is 29.8 Å². The third kappa shape index (κ3) is 6.09. The number of ether oxygens (including phenoxy) is 1. The standard InChI is InChI=1S/C18H28N2O4S/c1-14-5-7-16(8-6-14)25(22,23)20-11-4-10-19-17(21)15-9-12-24-18(2,3)13-15/h5-8,15,20H,4,9-13H2,1-3H3,(H,19,21)/t15-/m1/s1. The molecule has 1 aromatic rings. The number of sulfonamides is 1. The van der Waals surface area contributed by atoms with Gasteiger partial charge < -0.3 is 10.1 Å². The van der Waals surface area contributed by atoms with Gasteiger partial charge in [0.25, 0.3) is 0 Å². The Hall–Kier alpha value is -1.44. The summed E-state index contributed by atoms with van der Waals surface area (Å²) in [5, 5.41) is 2.89. The van der Waals surface area contributed by atoms with Crippen LogP contribution >= 0.6 is 0 Å². The molecule has 1 aromatic carbocycles. The predicted octanol–water partition coefficient (Wildman–Crippen LogP) is 1.98. The van der Waals surface area contributed by atoms with Crippen molar-refractivity contribution in [3.8, 4) is 0 Å². The van der Waals surface area contributed by atoms with Gasteiger partial charge >= 0.3 is 0 Å². The zero-order valence-corrected chi connectivity index (χ0v) is 16.0. The molecule has 2 N–H and O–H groups in total. The Morgan fingerprint density at radius 3 is 2.56 bits per heavy atom. The van der Waals surface area contributed by atoms with Crippen LogP contribution in [0.25, 0.3) is 0 Å². The van der Waals surface area contributed by atoms with Crippen LogP contribution in [0, 0.1) is 12.8 Å². The fraction of sp³-hybridized carbons (Fsp3) is 0.611. The number of amides is 1. The maximum absolute atomic E-state index is 12.2. The molecule has 0 radical (unpaired) electrons. The van der Waals surface area contributed by atoms with Crippen LogP contribution in [0.3, 0.4) is 0 Å². The number of hydrogen-bond donors (Lipinski definition) is 2. The van der Waals surface area contributed by atoms with Crippen molar-refractivity contribution in [1.29, 1.82) is 0 Å². The van der Waals surface area contributed by atoms with Crippen molar-refractivity contribution in [2.75, 3.05) is 19.7 Å². The summed E-state index contributed by atoms with van der Waals surface area (Å²) in [6.07, 6.45) is 1.98. The smallest absolute Gasteiger partial charge is 0.240 e. The van der Waals surface area contributed by atoms with Crippen molar-refractivity contribution in [2.45, 2.75) is 50.5 Å². The Morgan fingerprint density at radius 2 is 1.92 bits per heavy atom. The van der Waals surface area contributed by atoms with E-state index in [1.807, 2.05) is 20.8 Å². The molecule has 0 unspecified atom stereocenters. The van der Waals surface area contributed by atoms with E-state index in [4.69, 9.17) is 4.74 Å². The fourth-order valence-corrected chi connectivity index (χ4v) is 3.98. The highest BCUT2D eigenvalue weighted by atomic mass is 32.2. The number of hydrogen-bond acceptors (Lipinski definition) is 4. The molecule has 1 heterocycles. The van der Waals surface area contributed by atoms with E-state index in [1.54, 1.807) is 24.3 Å². The van der Waals surface area contributed by atoms with E-state index in [9.17, 15) is 13.2 Å². The van der Waals surface area contributed by atoms with E-state index < -0.39 is 10.0 Å². The molecule has 1 fully saturated rings. The summed E-state index contributed by atoms with van der Waals surface area (Å²) in [5.41, 5.74) is 0.752. The van der Waals surface area contributed by atoms with Crippen molar-refractivity contribution in [1.82, 2.24) is 10.0 Å². The molecule has 140 valence electrons. The summed E-state index contributed by atoms with van der Waals surface area (Å²) in [5.74, 6) is -0.00855. The van der Waals surface area contributed by atoms with Gasteiger partial charge in [0.1, 0.15) is 0 Å². The van der Waals surface area contributed by atoms with E-state index in [-0.39, 0.29) is 28.9 Å². The molecule has 0 spiro atoms. The number of carbonyl (C=O) groups excluding carboxylic acids is 1. The molecular weight excluding hydrogens is 340 g/mol. The highest BCUT2D eigenvalue weighted by Crippen LogP contribution is 2.28. The minimum atomic E-state index is -3.49. The second-order valence-electron chi connectivity index (χ2n) is 7.15.